The Bertz CT molecular complexity index is 294. The molecule has 0 aromatic carbocycles. The van der Waals surface area contributed by atoms with E-state index in [0.717, 1.165) is 18.5 Å². The number of rotatable bonds is 6. The quantitative estimate of drug-likeness (QED) is 0.760. The molecule has 2 aliphatic heterocycles. The highest BCUT2D eigenvalue weighted by atomic mass is 15.2. The van der Waals surface area contributed by atoms with Gasteiger partial charge in [0, 0.05) is 31.2 Å². The zero-order chi connectivity index (χ0) is 14.6. The summed E-state index contributed by atoms with van der Waals surface area (Å²) in [6, 6.07) is 0.831. The minimum atomic E-state index is 0.232. The number of hydrogen-bond donors (Lipinski definition) is 1. The Morgan fingerprint density at radius 3 is 2.70 bits per heavy atom. The van der Waals surface area contributed by atoms with E-state index >= 15 is 0 Å². The van der Waals surface area contributed by atoms with Crippen LogP contribution in [0.4, 0.5) is 0 Å². The second-order valence-corrected chi connectivity index (χ2v) is 7.34. The van der Waals surface area contributed by atoms with Crippen LogP contribution >= 0.6 is 0 Å². The zero-order valence-corrected chi connectivity index (χ0v) is 13.9. The van der Waals surface area contributed by atoms with Crippen molar-refractivity contribution in [2.75, 3.05) is 33.2 Å². The minimum absolute atomic E-state index is 0.232. The van der Waals surface area contributed by atoms with Gasteiger partial charge in [-0.15, -0.1) is 0 Å². The molecule has 2 fully saturated rings. The van der Waals surface area contributed by atoms with Gasteiger partial charge in [0.2, 0.25) is 0 Å². The standard InChI is InChI=1S/C17H35N3/c1-4-5-6-10-17(2,14-18)20-12-9-16-15(13-20)8-7-11-19(16)3/h15-16H,4-14,18H2,1-3H3. The molecule has 3 heteroatoms. The molecule has 2 rings (SSSR count). The first-order valence-electron chi connectivity index (χ1n) is 8.76. The van der Waals surface area contributed by atoms with Crippen LogP contribution in [0, 0.1) is 5.92 Å². The molecule has 0 spiro atoms. The van der Waals surface area contributed by atoms with Gasteiger partial charge in [-0.3, -0.25) is 4.90 Å². The molecule has 0 saturated carbocycles. The lowest BCUT2D eigenvalue weighted by atomic mass is 9.81. The maximum absolute atomic E-state index is 6.16. The molecular formula is C17H35N3. The third-order valence-electron chi connectivity index (χ3n) is 5.87. The third kappa shape index (κ3) is 3.55. The molecule has 3 nitrogen and oxygen atoms in total. The molecule has 2 aliphatic rings. The fourth-order valence-corrected chi connectivity index (χ4v) is 4.29. The Kier molecular flexibility index (Phi) is 5.88. The number of hydrogen-bond acceptors (Lipinski definition) is 3. The molecule has 2 heterocycles. The van der Waals surface area contributed by atoms with E-state index in [9.17, 15) is 0 Å². The average molecular weight is 281 g/mol. The number of piperidine rings is 2. The molecule has 2 N–H and O–H groups in total. The Morgan fingerprint density at radius 2 is 2.00 bits per heavy atom. The molecule has 0 amide bonds. The van der Waals surface area contributed by atoms with Gasteiger partial charge < -0.3 is 10.6 Å². The van der Waals surface area contributed by atoms with Crippen molar-refractivity contribution in [2.24, 2.45) is 11.7 Å². The van der Waals surface area contributed by atoms with Gasteiger partial charge in [0.05, 0.1) is 0 Å². The van der Waals surface area contributed by atoms with Crippen molar-refractivity contribution in [2.45, 2.75) is 70.4 Å². The number of likely N-dealkylation sites (tertiary alicyclic amines) is 2. The second-order valence-electron chi connectivity index (χ2n) is 7.34. The normalized spacial score (nSPS) is 31.8. The van der Waals surface area contributed by atoms with Crippen LogP contribution in [0.2, 0.25) is 0 Å². The van der Waals surface area contributed by atoms with Gasteiger partial charge in [0.25, 0.3) is 0 Å². The van der Waals surface area contributed by atoms with Crippen molar-refractivity contribution < 1.29 is 0 Å². The van der Waals surface area contributed by atoms with E-state index in [1.54, 1.807) is 0 Å². The van der Waals surface area contributed by atoms with Crippen LogP contribution in [-0.4, -0.2) is 54.6 Å². The minimum Gasteiger partial charge on any atom is -0.329 e. The van der Waals surface area contributed by atoms with Crippen LogP contribution in [0.5, 0.6) is 0 Å². The Labute approximate surface area is 125 Å². The zero-order valence-electron chi connectivity index (χ0n) is 13.9. The maximum Gasteiger partial charge on any atom is 0.0303 e. The average Bonchev–Trinajstić information content (AvgIpc) is 2.47. The highest BCUT2D eigenvalue weighted by Gasteiger charge is 2.39. The SMILES string of the molecule is CCCCCC(C)(CN)N1CCC2C(CCCN2C)C1. The predicted molar refractivity (Wildman–Crippen MR) is 86.9 cm³/mol. The number of unbranched alkanes of at least 4 members (excludes halogenated alkanes) is 2. The van der Waals surface area contributed by atoms with E-state index in [1.165, 1.54) is 64.6 Å². The molecule has 118 valence electrons. The number of fused-ring (bicyclic) bond motifs is 1. The van der Waals surface area contributed by atoms with Crippen LogP contribution in [0.3, 0.4) is 0 Å². The van der Waals surface area contributed by atoms with Gasteiger partial charge in [-0.2, -0.15) is 0 Å². The first-order chi connectivity index (χ1) is 9.60. The highest BCUT2D eigenvalue weighted by molar-refractivity contribution is 4.96. The van der Waals surface area contributed by atoms with Crippen molar-refractivity contribution in [3.05, 3.63) is 0 Å². The van der Waals surface area contributed by atoms with Crippen LogP contribution < -0.4 is 5.73 Å². The van der Waals surface area contributed by atoms with Crippen LogP contribution in [0.15, 0.2) is 0 Å². The molecule has 0 bridgehead atoms. The smallest absolute Gasteiger partial charge is 0.0303 e. The van der Waals surface area contributed by atoms with E-state index in [1.807, 2.05) is 0 Å². The third-order valence-corrected chi connectivity index (χ3v) is 5.87. The summed E-state index contributed by atoms with van der Waals surface area (Å²) >= 11 is 0. The van der Waals surface area contributed by atoms with E-state index in [4.69, 9.17) is 5.73 Å². The molecule has 0 radical (unpaired) electrons. The van der Waals surface area contributed by atoms with Gasteiger partial charge in [0.15, 0.2) is 0 Å². The van der Waals surface area contributed by atoms with Crippen LogP contribution in [-0.2, 0) is 0 Å². The number of nitrogens with zero attached hydrogens (tertiary/aromatic N) is 2. The second kappa shape index (κ2) is 7.24. The van der Waals surface area contributed by atoms with Gasteiger partial charge in [-0.1, -0.05) is 26.2 Å². The summed E-state index contributed by atoms with van der Waals surface area (Å²) in [5.41, 5.74) is 6.40. The summed E-state index contributed by atoms with van der Waals surface area (Å²) in [6.07, 6.45) is 9.37. The van der Waals surface area contributed by atoms with Crippen molar-refractivity contribution >= 4 is 0 Å². The Morgan fingerprint density at radius 1 is 1.20 bits per heavy atom. The highest BCUT2D eigenvalue weighted by Crippen LogP contribution is 2.34. The van der Waals surface area contributed by atoms with Crippen LogP contribution in [0.25, 0.3) is 0 Å². The van der Waals surface area contributed by atoms with Gasteiger partial charge in [0.1, 0.15) is 0 Å². The lowest BCUT2D eigenvalue weighted by molar-refractivity contribution is -0.0116. The molecule has 3 unspecified atom stereocenters. The molecule has 0 aliphatic carbocycles. The van der Waals surface area contributed by atoms with Crippen molar-refractivity contribution in [3.63, 3.8) is 0 Å². The monoisotopic (exact) mass is 281 g/mol. The van der Waals surface area contributed by atoms with E-state index in [2.05, 4.69) is 30.7 Å². The number of nitrogens with two attached hydrogens (primary N) is 1. The van der Waals surface area contributed by atoms with Crippen molar-refractivity contribution in [1.82, 2.24) is 9.80 Å². The van der Waals surface area contributed by atoms with E-state index in [0.29, 0.717) is 0 Å². The summed E-state index contributed by atoms with van der Waals surface area (Å²) in [7, 11) is 2.32. The van der Waals surface area contributed by atoms with Gasteiger partial charge in [-0.25, -0.2) is 0 Å². The predicted octanol–water partition coefficient (Wildman–Crippen LogP) is 2.70. The Hall–Kier alpha value is -0.120. The summed E-state index contributed by atoms with van der Waals surface area (Å²) < 4.78 is 0. The van der Waals surface area contributed by atoms with E-state index < -0.39 is 0 Å². The van der Waals surface area contributed by atoms with E-state index in [-0.39, 0.29) is 5.54 Å². The van der Waals surface area contributed by atoms with Crippen molar-refractivity contribution in [3.8, 4) is 0 Å². The van der Waals surface area contributed by atoms with Gasteiger partial charge in [-0.05, 0) is 52.1 Å². The lowest BCUT2D eigenvalue weighted by Gasteiger charge is -2.51. The molecule has 0 aromatic rings. The molecule has 3 atom stereocenters. The molecular weight excluding hydrogens is 246 g/mol. The van der Waals surface area contributed by atoms with Crippen molar-refractivity contribution in [1.29, 1.82) is 0 Å². The van der Waals surface area contributed by atoms with Gasteiger partial charge >= 0.3 is 0 Å². The fraction of sp³-hybridized carbons (Fsp3) is 1.00. The summed E-state index contributed by atoms with van der Waals surface area (Å²) in [5.74, 6) is 0.875. The fourth-order valence-electron chi connectivity index (χ4n) is 4.29. The largest absolute Gasteiger partial charge is 0.329 e. The first-order valence-corrected chi connectivity index (χ1v) is 8.76. The summed E-state index contributed by atoms with van der Waals surface area (Å²) in [6.45, 7) is 9.30. The van der Waals surface area contributed by atoms with Crippen LogP contribution in [0.1, 0.15) is 58.8 Å². The molecule has 0 aromatic heterocycles. The molecule has 20 heavy (non-hydrogen) atoms. The Balaban J connectivity index is 1.94. The first kappa shape index (κ1) is 16.3. The maximum atomic E-state index is 6.16. The summed E-state index contributed by atoms with van der Waals surface area (Å²) in [4.78, 5) is 5.32. The topological polar surface area (TPSA) is 32.5 Å². The summed E-state index contributed by atoms with van der Waals surface area (Å²) in [5, 5.41) is 0. The lowest BCUT2D eigenvalue weighted by Crippen LogP contribution is -2.60. The molecule has 2 saturated heterocycles.